The lowest BCUT2D eigenvalue weighted by Gasteiger charge is -2.21. The van der Waals surface area contributed by atoms with Gasteiger partial charge in [-0.05, 0) is 38.5 Å². The zero-order valence-corrected chi connectivity index (χ0v) is 12.3. The monoisotopic (exact) mass is 264 g/mol. The molecule has 0 fully saturated rings. The summed E-state index contributed by atoms with van der Waals surface area (Å²) in [4.78, 5) is 13.6. The number of methoxy groups -OCH3 is 1. The molecule has 0 heterocycles. The van der Waals surface area contributed by atoms with Crippen LogP contribution in [0.2, 0.25) is 0 Å². The predicted octanol–water partition coefficient (Wildman–Crippen LogP) is 2.18. The van der Waals surface area contributed by atoms with E-state index in [4.69, 9.17) is 0 Å². The fraction of sp³-hybridized carbons (Fsp3) is 0.533. The van der Waals surface area contributed by atoms with Crippen molar-refractivity contribution in [1.82, 2.24) is 5.32 Å². The Morgan fingerprint density at radius 3 is 2.32 bits per heavy atom. The zero-order chi connectivity index (χ0) is 14.3. The van der Waals surface area contributed by atoms with Crippen LogP contribution in [-0.4, -0.2) is 32.2 Å². The van der Waals surface area contributed by atoms with E-state index in [0.717, 1.165) is 18.7 Å². The Morgan fingerprint density at radius 1 is 1.26 bits per heavy atom. The number of benzene rings is 1. The summed E-state index contributed by atoms with van der Waals surface area (Å²) in [6.45, 7) is 8.78. The van der Waals surface area contributed by atoms with Gasteiger partial charge in [0.25, 0.3) is 0 Å². The minimum absolute atomic E-state index is 0.236. The van der Waals surface area contributed by atoms with Gasteiger partial charge in [-0.3, -0.25) is 4.79 Å². The largest absolute Gasteiger partial charge is 0.468 e. The van der Waals surface area contributed by atoms with Gasteiger partial charge in [0.2, 0.25) is 0 Å². The first-order valence-corrected chi connectivity index (χ1v) is 6.77. The van der Waals surface area contributed by atoms with Crippen molar-refractivity contribution in [1.29, 1.82) is 0 Å². The van der Waals surface area contributed by atoms with Crippen molar-refractivity contribution in [3.05, 3.63) is 29.8 Å². The third-order valence-corrected chi connectivity index (χ3v) is 3.23. The van der Waals surface area contributed by atoms with Crippen LogP contribution in [0, 0.1) is 0 Å². The molecule has 1 N–H and O–H groups in total. The molecule has 106 valence electrons. The number of hydrogen-bond acceptors (Lipinski definition) is 4. The third kappa shape index (κ3) is 4.56. The molecule has 1 aromatic rings. The number of nitrogens with one attached hydrogen (secondary N) is 1. The van der Waals surface area contributed by atoms with Crippen LogP contribution in [0.3, 0.4) is 0 Å². The molecule has 0 bridgehead atoms. The van der Waals surface area contributed by atoms with Crippen molar-refractivity contribution in [2.24, 2.45) is 0 Å². The van der Waals surface area contributed by atoms with Gasteiger partial charge in [0.1, 0.15) is 6.04 Å². The Morgan fingerprint density at radius 2 is 1.84 bits per heavy atom. The molecule has 0 radical (unpaired) electrons. The van der Waals surface area contributed by atoms with E-state index in [9.17, 15) is 4.79 Å². The van der Waals surface area contributed by atoms with Gasteiger partial charge in [0.05, 0.1) is 7.11 Å². The van der Waals surface area contributed by atoms with Crippen LogP contribution in [-0.2, 0) is 16.1 Å². The molecule has 0 aliphatic carbocycles. The lowest BCUT2D eigenvalue weighted by molar-refractivity contribution is -0.142. The number of hydrogen-bond donors (Lipinski definition) is 1. The summed E-state index contributed by atoms with van der Waals surface area (Å²) < 4.78 is 4.67. The van der Waals surface area contributed by atoms with Crippen molar-refractivity contribution in [3.8, 4) is 0 Å². The highest BCUT2D eigenvalue weighted by Crippen LogP contribution is 2.14. The van der Waals surface area contributed by atoms with Crippen LogP contribution in [0.4, 0.5) is 5.69 Å². The maximum Gasteiger partial charge on any atom is 0.322 e. The molecule has 0 spiro atoms. The number of anilines is 1. The van der Waals surface area contributed by atoms with Gasteiger partial charge in [-0.15, -0.1) is 0 Å². The van der Waals surface area contributed by atoms with Gasteiger partial charge < -0.3 is 15.0 Å². The summed E-state index contributed by atoms with van der Waals surface area (Å²) in [5, 5.41) is 3.14. The Balaban J connectivity index is 2.55. The molecule has 4 heteroatoms. The molecule has 19 heavy (non-hydrogen) atoms. The van der Waals surface area contributed by atoms with Crippen LogP contribution in [0.1, 0.15) is 26.3 Å². The number of esters is 1. The Bertz CT molecular complexity index is 386. The summed E-state index contributed by atoms with van der Waals surface area (Å²) in [6, 6.07) is 8.13. The van der Waals surface area contributed by atoms with Gasteiger partial charge in [0, 0.05) is 25.3 Å². The molecular weight excluding hydrogens is 240 g/mol. The smallest absolute Gasteiger partial charge is 0.322 e. The summed E-state index contributed by atoms with van der Waals surface area (Å²) in [7, 11) is 1.40. The normalized spacial score (nSPS) is 12.0. The van der Waals surface area contributed by atoms with E-state index >= 15 is 0 Å². The number of nitrogens with zero attached hydrogens (tertiary/aromatic N) is 1. The van der Waals surface area contributed by atoms with Crippen molar-refractivity contribution in [2.45, 2.75) is 33.4 Å². The van der Waals surface area contributed by atoms with E-state index in [2.05, 4.69) is 53.1 Å². The zero-order valence-electron chi connectivity index (χ0n) is 12.3. The lowest BCUT2D eigenvalue weighted by Crippen LogP contribution is -2.34. The maximum atomic E-state index is 11.3. The van der Waals surface area contributed by atoms with E-state index in [-0.39, 0.29) is 12.0 Å². The number of ether oxygens (including phenoxy) is 1. The molecule has 0 amide bonds. The third-order valence-electron chi connectivity index (χ3n) is 3.23. The Kier molecular flexibility index (Phi) is 6.36. The van der Waals surface area contributed by atoms with Gasteiger partial charge in [-0.1, -0.05) is 12.1 Å². The van der Waals surface area contributed by atoms with Crippen LogP contribution in [0.15, 0.2) is 24.3 Å². The first-order chi connectivity index (χ1) is 9.12. The highest BCUT2D eigenvalue weighted by atomic mass is 16.5. The Labute approximate surface area is 115 Å². The van der Waals surface area contributed by atoms with E-state index in [1.54, 1.807) is 6.92 Å². The quantitative estimate of drug-likeness (QED) is 0.767. The Hall–Kier alpha value is -1.55. The van der Waals surface area contributed by atoms with E-state index in [0.29, 0.717) is 6.54 Å². The number of rotatable bonds is 7. The molecule has 0 saturated heterocycles. The van der Waals surface area contributed by atoms with Gasteiger partial charge in [-0.2, -0.15) is 0 Å². The highest BCUT2D eigenvalue weighted by molar-refractivity contribution is 5.75. The molecule has 1 atom stereocenters. The van der Waals surface area contributed by atoms with Gasteiger partial charge >= 0.3 is 5.97 Å². The van der Waals surface area contributed by atoms with E-state index in [1.165, 1.54) is 12.8 Å². The number of carbonyl (C=O) groups is 1. The second-order valence-corrected chi connectivity index (χ2v) is 4.46. The van der Waals surface area contributed by atoms with Crippen LogP contribution in [0.5, 0.6) is 0 Å². The average molecular weight is 264 g/mol. The van der Waals surface area contributed by atoms with Crippen LogP contribution in [0.25, 0.3) is 0 Å². The number of carbonyl (C=O) groups excluding carboxylic acids is 1. The maximum absolute atomic E-state index is 11.3. The fourth-order valence-corrected chi connectivity index (χ4v) is 1.94. The fourth-order valence-electron chi connectivity index (χ4n) is 1.94. The lowest BCUT2D eigenvalue weighted by atomic mass is 10.2. The topological polar surface area (TPSA) is 41.6 Å². The standard InChI is InChI=1S/C15H24N2O2/c1-5-17(6-2)14-9-7-13(8-10-14)11-16-12(3)15(18)19-4/h7-10,12,16H,5-6,11H2,1-4H3/t12-/m0/s1. The predicted molar refractivity (Wildman–Crippen MR) is 78.3 cm³/mol. The van der Waals surface area contributed by atoms with Crippen molar-refractivity contribution < 1.29 is 9.53 Å². The van der Waals surface area contributed by atoms with Crippen molar-refractivity contribution >= 4 is 11.7 Å². The molecule has 4 nitrogen and oxygen atoms in total. The molecule has 0 aliphatic rings. The highest BCUT2D eigenvalue weighted by Gasteiger charge is 2.11. The van der Waals surface area contributed by atoms with Crippen LogP contribution >= 0.6 is 0 Å². The summed E-state index contributed by atoms with van der Waals surface area (Å²) in [5.41, 5.74) is 2.39. The minimum atomic E-state index is -0.285. The van der Waals surface area contributed by atoms with Gasteiger partial charge in [-0.25, -0.2) is 0 Å². The molecule has 1 rings (SSSR count). The molecule has 0 aliphatic heterocycles. The second-order valence-electron chi connectivity index (χ2n) is 4.46. The van der Waals surface area contributed by atoms with Gasteiger partial charge in [0.15, 0.2) is 0 Å². The minimum Gasteiger partial charge on any atom is -0.468 e. The molecule has 0 unspecified atom stereocenters. The van der Waals surface area contributed by atoms with E-state index in [1.807, 2.05) is 0 Å². The van der Waals surface area contributed by atoms with Crippen LogP contribution < -0.4 is 10.2 Å². The summed E-state index contributed by atoms with van der Waals surface area (Å²) >= 11 is 0. The molecular formula is C15H24N2O2. The van der Waals surface area contributed by atoms with Crippen molar-refractivity contribution in [2.75, 3.05) is 25.1 Å². The average Bonchev–Trinajstić information content (AvgIpc) is 2.46. The molecule has 0 aromatic heterocycles. The molecule has 1 aromatic carbocycles. The second kappa shape index (κ2) is 7.79. The molecule has 0 saturated carbocycles. The summed E-state index contributed by atoms with van der Waals surface area (Å²) in [6.07, 6.45) is 0. The van der Waals surface area contributed by atoms with E-state index < -0.39 is 0 Å². The SMILES string of the molecule is CCN(CC)c1ccc(CN[C@@H](C)C(=O)OC)cc1. The first-order valence-electron chi connectivity index (χ1n) is 6.77. The summed E-state index contributed by atoms with van der Waals surface area (Å²) in [5.74, 6) is -0.236. The van der Waals surface area contributed by atoms with Crippen molar-refractivity contribution in [3.63, 3.8) is 0 Å². The first kappa shape index (κ1) is 15.5.